The largest absolute Gasteiger partial charge is 0.467 e. The average molecular weight is 323 g/mol. The van der Waals surface area contributed by atoms with Gasteiger partial charge in [-0.3, -0.25) is 4.98 Å². The van der Waals surface area contributed by atoms with Gasteiger partial charge in [0.2, 0.25) is 0 Å². The second-order valence-corrected chi connectivity index (χ2v) is 5.03. The minimum Gasteiger partial charge on any atom is -0.467 e. The van der Waals surface area contributed by atoms with Crippen LogP contribution in [-0.4, -0.2) is 18.1 Å². The number of benzene rings is 2. The molecule has 0 bridgehead atoms. The number of nitrogens with one attached hydrogen (secondary N) is 2. The summed E-state index contributed by atoms with van der Waals surface area (Å²) in [7, 11) is 1.28. The summed E-state index contributed by atoms with van der Waals surface area (Å²) in [6.45, 7) is 0. The summed E-state index contributed by atoms with van der Waals surface area (Å²) >= 11 is 0. The van der Waals surface area contributed by atoms with Crippen molar-refractivity contribution in [1.82, 2.24) is 4.98 Å². The quantitative estimate of drug-likeness (QED) is 0.713. The fourth-order valence-electron chi connectivity index (χ4n) is 2.41. The third-order valence-electron chi connectivity index (χ3n) is 3.55. The molecule has 24 heavy (non-hydrogen) atoms. The van der Waals surface area contributed by atoms with Crippen molar-refractivity contribution in [3.63, 3.8) is 0 Å². The van der Waals surface area contributed by atoms with Gasteiger partial charge in [-0.25, -0.2) is 9.59 Å². The number of para-hydroxylation sites is 1. The predicted octanol–water partition coefficient (Wildman–Crippen LogP) is 2.32. The van der Waals surface area contributed by atoms with Crippen LogP contribution in [0.5, 0.6) is 0 Å². The van der Waals surface area contributed by atoms with Crippen LogP contribution >= 0.6 is 0 Å². The van der Waals surface area contributed by atoms with Crippen molar-refractivity contribution < 1.29 is 13.9 Å². The van der Waals surface area contributed by atoms with Crippen molar-refractivity contribution in [1.29, 1.82) is 5.26 Å². The van der Waals surface area contributed by atoms with Crippen molar-refractivity contribution >= 4 is 22.8 Å². The van der Waals surface area contributed by atoms with Gasteiger partial charge in [0, 0.05) is 11.3 Å². The smallest absolute Gasteiger partial charge is 0.417 e. The van der Waals surface area contributed by atoms with Gasteiger partial charge in [0.25, 0.3) is 0 Å². The van der Waals surface area contributed by atoms with E-state index in [0.29, 0.717) is 27.9 Å². The van der Waals surface area contributed by atoms with E-state index >= 15 is 0 Å². The summed E-state index contributed by atoms with van der Waals surface area (Å²) < 4.78 is 10.0. The average Bonchev–Trinajstić information content (AvgIpc) is 3.00. The number of anilines is 1. The van der Waals surface area contributed by atoms with E-state index in [0.717, 1.165) is 0 Å². The van der Waals surface area contributed by atoms with Crippen LogP contribution in [0.25, 0.3) is 11.1 Å². The summed E-state index contributed by atoms with van der Waals surface area (Å²) in [6, 6.07) is 12.9. The molecule has 0 aliphatic rings. The molecular formula is C17H13N3O4. The van der Waals surface area contributed by atoms with Crippen LogP contribution in [0.3, 0.4) is 0 Å². The van der Waals surface area contributed by atoms with Gasteiger partial charge >= 0.3 is 11.7 Å². The lowest BCUT2D eigenvalue weighted by Crippen LogP contribution is -2.22. The molecule has 7 nitrogen and oxygen atoms in total. The number of rotatable bonds is 4. The topological polar surface area (TPSA) is 108 Å². The fourth-order valence-corrected chi connectivity index (χ4v) is 2.41. The number of nitriles is 1. The van der Waals surface area contributed by atoms with Gasteiger partial charge in [-0.1, -0.05) is 12.1 Å². The second kappa shape index (κ2) is 6.30. The molecule has 0 radical (unpaired) electrons. The molecule has 0 aliphatic heterocycles. The Balaban J connectivity index is 2.03. The molecular weight excluding hydrogens is 310 g/mol. The van der Waals surface area contributed by atoms with E-state index in [-0.39, 0.29) is 0 Å². The summed E-state index contributed by atoms with van der Waals surface area (Å²) in [5, 5.41) is 11.9. The molecule has 1 aromatic heterocycles. The minimum atomic E-state index is -0.870. The molecule has 2 N–H and O–H groups in total. The molecule has 0 saturated heterocycles. The Labute approximate surface area is 136 Å². The molecule has 0 aliphatic carbocycles. The molecule has 0 amide bonds. The summed E-state index contributed by atoms with van der Waals surface area (Å²) in [5.74, 6) is -1.13. The predicted molar refractivity (Wildman–Crippen MR) is 86.4 cm³/mol. The molecule has 1 unspecified atom stereocenters. The van der Waals surface area contributed by atoms with Crippen LogP contribution in [0.15, 0.2) is 51.7 Å². The molecule has 0 fully saturated rings. The van der Waals surface area contributed by atoms with Crippen molar-refractivity contribution in [2.45, 2.75) is 6.04 Å². The summed E-state index contributed by atoms with van der Waals surface area (Å²) in [4.78, 5) is 26.2. The second-order valence-electron chi connectivity index (χ2n) is 5.03. The zero-order valence-electron chi connectivity index (χ0n) is 12.7. The zero-order valence-corrected chi connectivity index (χ0v) is 12.7. The highest BCUT2D eigenvalue weighted by atomic mass is 16.5. The number of hydrogen-bond donors (Lipinski definition) is 2. The van der Waals surface area contributed by atoms with Gasteiger partial charge in [-0.2, -0.15) is 5.26 Å². The van der Waals surface area contributed by atoms with E-state index in [9.17, 15) is 9.59 Å². The Bertz CT molecular complexity index is 979. The lowest BCUT2D eigenvalue weighted by Gasteiger charge is -2.18. The number of aromatic amines is 1. The van der Waals surface area contributed by atoms with Crippen molar-refractivity contribution in [2.24, 2.45) is 0 Å². The minimum absolute atomic E-state index is 0.291. The third-order valence-corrected chi connectivity index (χ3v) is 3.55. The first-order valence-electron chi connectivity index (χ1n) is 7.08. The van der Waals surface area contributed by atoms with Gasteiger partial charge in [0.05, 0.1) is 24.3 Å². The Kier molecular flexibility index (Phi) is 4.03. The van der Waals surface area contributed by atoms with Crippen LogP contribution in [0.4, 0.5) is 5.69 Å². The first-order valence-corrected chi connectivity index (χ1v) is 7.08. The van der Waals surface area contributed by atoms with Gasteiger partial charge in [0.15, 0.2) is 11.6 Å². The number of carbonyl (C=O) groups is 1. The molecule has 0 spiro atoms. The SMILES string of the molecule is COC(=O)C(Nc1ccc(C#N)cc1)c1cccc2[nH]c(=O)oc12. The Hall–Kier alpha value is -3.53. The lowest BCUT2D eigenvalue weighted by atomic mass is 10.0. The van der Waals surface area contributed by atoms with E-state index < -0.39 is 17.8 Å². The molecule has 0 saturated carbocycles. The Morgan fingerprint density at radius 3 is 2.71 bits per heavy atom. The molecule has 7 heteroatoms. The van der Waals surface area contributed by atoms with Gasteiger partial charge in [-0.05, 0) is 30.3 Å². The van der Waals surface area contributed by atoms with Crippen LogP contribution in [0, 0.1) is 11.3 Å². The molecule has 2 aromatic carbocycles. The van der Waals surface area contributed by atoms with Crippen LogP contribution < -0.4 is 11.1 Å². The van der Waals surface area contributed by atoms with Crippen LogP contribution in [0.2, 0.25) is 0 Å². The standard InChI is InChI=1S/C17H13N3O4/c1-23-16(21)14(19-11-7-5-10(9-18)6-8-11)12-3-2-4-13-15(12)24-17(22)20-13/h2-8,14,19H,1H3,(H,20,22). The maximum Gasteiger partial charge on any atom is 0.417 e. The van der Waals surface area contributed by atoms with Crippen molar-refractivity contribution in [2.75, 3.05) is 12.4 Å². The number of esters is 1. The van der Waals surface area contributed by atoms with Crippen LogP contribution in [0.1, 0.15) is 17.2 Å². The number of hydrogen-bond acceptors (Lipinski definition) is 6. The number of oxazole rings is 1. The molecule has 1 atom stereocenters. The monoisotopic (exact) mass is 323 g/mol. The zero-order chi connectivity index (χ0) is 17.1. The maximum atomic E-state index is 12.2. The highest BCUT2D eigenvalue weighted by Gasteiger charge is 2.25. The van der Waals surface area contributed by atoms with Gasteiger partial charge < -0.3 is 14.5 Å². The third kappa shape index (κ3) is 2.85. The Morgan fingerprint density at radius 2 is 2.04 bits per heavy atom. The molecule has 120 valence electrons. The van der Waals surface area contributed by atoms with E-state index in [4.69, 9.17) is 14.4 Å². The number of H-pyrrole nitrogens is 1. The van der Waals surface area contributed by atoms with E-state index in [2.05, 4.69) is 10.3 Å². The molecule has 1 heterocycles. The van der Waals surface area contributed by atoms with E-state index in [1.165, 1.54) is 7.11 Å². The van der Waals surface area contributed by atoms with Gasteiger partial charge in [0.1, 0.15) is 0 Å². The van der Waals surface area contributed by atoms with Crippen molar-refractivity contribution in [3.05, 3.63) is 64.1 Å². The number of nitrogens with zero attached hydrogens (tertiary/aromatic N) is 1. The van der Waals surface area contributed by atoms with Crippen molar-refractivity contribution in [3.8, 4) is 6.07 Å². The molecule has 3 aromatic rings. The molecule has 3 rings (SSSR count). The lowest BCUT2D eigenvalue weighted by molar-refractivity contribution is -0.141. The number of aromatic nitrogens is 1. The van der Waals surface area contributed by atoms with Crippen LogP contribution in [-0.2, 0) is 9.53 Å². The van der Waals surface area contributed by atoms with E-state index in [1.54, 1.807) is 42.5 Å². The first-order chi connectivity index (χ1) is 11.6. The summed E-state index contributed by atoms with van der Waals surface area (Å²) in [5.41, 5.74) is 2.39. The highest BCUT2D eigenvalue weighted by Crippen LogP contribution is 2.27. The highest BCUT2D eigenvalue weighted by molar-refractivity contribution is 5.87. The maximum absolute atomic E-state index is 12.2. The number of carbonyl (C=O) groups excluding carboxylic acids is 1. The van der Waals surface area contributed by atoms with Gasteiger partial charge in [-0.15, -0.1) is 0 Å². The fraction of sp³-hybridized carbons (Fsp3) is 0.118. The first kappa shape index (κ1) is 15.4. The van der Waals surface area contributed by atoms with E-state index in [1.807, 2.05) is 6.07 Å². The number of ether oxygens (including phenoxy) is 1. The normalized spacial score (nSPS) is 11.7. The number of methoxy groups -OCH3 is 1. The number of fused-ring (bicyclic) bond motifs is 1. The Morgan fingerprint density at radius 1 is 1.29 bits per heavy atom. The summed E-state index contributed by atoms with van der Waals surface area (Å²) in [6.07, 6.45) is 0.